The molecule has 3 fully saturated rings. The number of nitrogens with zero attached hydrogens (tertiary/aromatic N) is 3. The Morgan fingerprint density at radius 1 is 0.800 bits per heavy atom. The average molecular weight is 343 g/mol. The lowest BCUT2D eigenvalue weighted by Gasteiger charge is -2.46. The first-order chi connectivity index (χ1) is 12.2. The van der Waals surface area contributed by atoms with Crippen LogP contribution < -0.4 is 10.2 Å². The third-order valence-electron chi connectivity index (χ3n) is 6.75. The molecular formula is C21H34N4. The van der Waals surface area contributed by atoms with Crippen LogP contribution in [0.25, 0.3) is 0 Å². The highest BCUT2D eigenvalue weighted by atomic mass is 15.3. The van der Waals surface area contributed by atoms with Crippen molar-refractivity contribution in [3.8, 4) is 0 Å². The standard InChI is InChI=1S/C21H34N4/c1-19-2-4-20(5-3-19)25-16-14-24(15-17-25)18-23-12-8-21(9-13-23)6-10-22-11-7-21/h2-5,22H,6-18H2,1H3. The van der Waals surface area contributed by atoms with Crippen molar-refractivity contribution in [1.29, 1.82) is 0 Å². The summed E-state index contributed by atoms with van der Waals surface area (Å²) in [4.78, 5) is 7.90. The van der Waals surface area contributed by atoms with Gasteiger partial charge in [-0.2, -0.15) is 0 Å². The molecule has 0 amide bonds. The maximum Gasteiger partial charge on any atom is 0.0507 e. The summed E-state index contributed by atoms with van der Waals surface area (Å²) in [5, 5.41) is 3.53. The van der Waals surface area contributed by atoms with Gasteiger partial charge >= 0.3 is 0 Å². The maximum atomic E-state index is 3.53. The van der Waals surface area contributed by atoms with E-state index >= 15 is 0 Å². The van der Waals surface area contributed by atoms with Crippen molar-refractivity contribution in [2.45, 2.75) is 32.6 Å². The van der Waals surface area contributed by atoms with Crippen LogP contribution in [-0.4, -0.2) is 68.8 Å². The summed E-state index contributed by atoms with van der Waals surface area (Å²) in [7, 11) is 0. The summed E-state index contributed by atoms with van der Waals surface area (Å²) in [6.45, 7) is 13.1. The number of piperazine rings is 1. The Morgan fingerprint density at radius 3 is 2.04 bits per heavy atom. The van der Waals surface area contributed by atoms with Gasteiger partial charge in [-0.3, -0.25) is 9.80 Å². The van der Waals surface area contributed by atoms with E-state index in [0.717, 1.165) is 13.1 Å². The summed E-state index contributed by atoms with van der Waals surface area (Å²) in [5.74, 6) is 0. The van der Waals surface area contributed by atoms with Crippen LogP contribution >= 0.6 is 0 Å². The molecule has 138 valence electrons. The molecule has 0 saturated carbocycles. The average Bonchev–Trinajstić information content (AvgIpc) is 2.66. The minimum absolute atomic E-state index is 0.673. The summed E-state index contributed by atoms with van der Waals surface area (Å²) >= 11 is 0. The highest BCUT2D eigenvalue weighted by molar-refractivity contribution is 5.47. The third kappa shape index (κ3) is 4.18. The Balaban J connectivity index is 1.22. The van der Waals surface area contributed by atoms with Crippen molar-refractivity contribution in [1.82, 2.24) is 15.1 Å². The maximum absolute atomic E-state index is 3.53. The van der Waals surface area contributed by atoms with Crippen LogP contribution in [0, 0.1) is 12.3 Å². The zero-order valence-corrected chi connectivity index (χ0v) is 15.8. The zero-order chi connectivity index (χ0) is 17.1. The molecule has 4 nitrogen and oxygen atoms in total. The fraction of sp³-hybridized carbons (Fsp3) is 0.714. The van der Waals surface area contributed by atoms with Crippen LogP contribution in [0.5, 0.6) is 0 Å². The van der Waals surface area contributed by atoms with E-state index < -0.39 is 0 Å². The zero-order valence-electron chi connectivity index (χ0n) is 15.8. The molecule has 0 radical (unpaired) electrons. The van der Waals surface area contributed by atoms with Gasteiger partial charge in [0.25, 0.3) is 0 Å². The van der Waals surface area contributed by atoms with Gasteiger partial charge in [-0.15, -0.1) is 0 Å². The molecule has 0 bridgehead atoms. The first kappa shape index (κ1) is 17.3. The number of rotatable bonds is 3. The summed E-state index contributed by atoms with van der Waals surface area (Å²) in [5.41, 5.74) is 3.40. The van der Waals surface area contributed by atoms with Gasteiger partial charge in [0.15, 0.2) is 0 Å². The van der Waals surface area contributed by atoms with E-state index in [1.54, 1.807) is 0 Å². The van der Waals surface area contributed by atoms with E-state index in [4.69, 9.17) is 0 Å². The molecule has 0 unspecified atom stereocenters. The smallest absolute Gasteiger partial charge is 0.0507 e. The lowest BCUT2D eigenvalue weighted by Crippen LogP contribution is -2.53. The topological polar surface area (TPSA) is 21.8 Å². The lowest BCUT2D eigenvalue weighted by molar-refractivity contribution is 0.0373. The largest absolute Gasteiger partial charge is 0.369 e. The van der Waals surface area contributed by atoms with Gasteiger partial charge in [0.1, 0.15) is 0 Å². The van der Waals surface area contributed by atoms with Crippen LogP contribution in [0.3, 0.4) is 0 Å². The van der Waals surface area contributed by atoms with Gasteiger partial charge in [0.2, 0.25) is 0 Å². The molecule has 3 aliphatic heterocycles. The summed E-state index contributed by atoms with van der Waals surface area (Å²) in [6.07, 6.45) is 5.63. The summed E-state index contributed by atoms with van der Waals surface area (Å²) < 4.78 is 0. The number of likely N-dealkylation sites (tertiary alicyclic amines) is 1. The van der Waals surface area contributed by atoms with Gasteiger partial charge in [-0.05, 0) is 76.3 Å². The minimum atomic E-state index is 0.673. The molecule has 1 aromatic carbocycles. The number of aryl methyl sites for hydroxylation is 1. The summed E-state index contributed by atoms with van der Waals surface area (Å²) in [6, 6.07) is 9.00. The number of hydrogen-bond donors (Lipinski definition) is 1. The lowest BCUT2D eigenvalue weighted by atomic mass is 9.72. The quantitative estimate of drug-likeness (QED) is 0.911. The SMILES string of the molecule is Cc1ccc(N2CCN(CN3CCC4(CCNCC4)CC3)CC2)cc1. The predicted molar refractivity (Wildman–Crippen MR) is 105 cm³/mol. The molecule has 4 heteroatoms. The number of anilines is 1. The van der Waals surface area contributed by atoms with Crippen molar-refractivity contribution < 1.29 is 0 Å². The number of hydrogen-bond acceptors (Lipinski definition) is 4. The van der Waals surface area contributed by atoms with Gasteiger partial charge < -0.3 is 10.2 Å². The van der Waals surface area contributed by atoms with Crippen molar-refractivity contribution in [3.63, 3.8) is 0 Å². The molecule has 3 aliphatic rings. The van der Waals surface area contributed by atoms with Crippen LogP contribution in [0.1, 0.15) is 31.2 Å². The Hall–Kier alpha value is -1.10. The molecular weight excluding hydrogens is 308 g/mol. The van der Waals surface area contributed by atoms with Gasteiger partial charge in [-0.25, -0.2) is 0 Å². The van der Waals surface area contributed by atoms with E-state index in [0.29, 0.717) is 5.41 Å². The highest BCUT2D eigenvalue weighted by Gasteiger charge is 2.35. The molecule has 0 aliphatic carbocycles. The Labute approximate surface area is 153 Å². The van der Waals surface area contributed by atoms with Crippen molar-refractivity contribution in [3.05, 3.63) is 29.8 Å². The van der Waals surface area contributed by atoms with Crippen LogP contribution in [-0.2, 0) is 0 Å². The van der Waals surface area contributed by atoms with E-state index in [1.165, 1.54) is 82.9 Å². The van der Waals surface area contributed by atoms with Crippen LogP contribution in [0.2, 0.25) is 0 Å². The van der Waals surface area contributed by atoms with Gasteiger partial charge in [0.05, 0.1) is 6.67 Å². The second kappa shape index (κ2) is 7.65. The van der Waals surface area contributed by atoms with E-state index in [-0.39, 0.29) is 0 Å². The second-order valence-corrected chi connectivity index (χ2v) is 8.45. The van der Waals surface area contributed by atoms with E-state index in [2.05, 4.69) is 51.2 Å². The van der Waals surface area contributed by atoms with Crippen LogP contribution in [0.15, 0.2) is 24.3 Å². The number of nitrogens with one attached hydrogen (secondary N) is 1. The molecule has 0 atom stereocenters. The first-order valence-corrected chi connectivity index (χ1v) is 10.2. The van der Waals surface area contributed by atoms with Crippen molar-refractivity contribution >= 4 is 5.69 Å². The normalized spacial score (nSPS) is 25.4. The molecule has 3 saturated heterocycles. The fourth-order valence-electron chi connectivity index (χ4n) is 4.81. The fourth-order valence-corrected chi connectivity index (χ4v) is 4.81. The Morgan fingerprint density at radius 2 is 1.40 bits per heavy atom. The van der Waals surface area contributed by atoms with E-state index in [1.807, 2.05) is 0 Å². The molecule has 0 aromatic heterocycles. The molecule has 1 aromatic rings. The number of piperidine rings is 2. The molecule has 3 heterocycles. The monoisotopic (exact) mass is 342 g/mol. The van der Waals surface area contributed by atoms with Crippen LogP contribution in [0.4, 0.5) is 5.69 Å². The molecule has 4 rings (SSSR count). The molecule has 1 spiro atoms. The minimum Gasteiger partial charge on any atom is -0.369 e. The molecule has 1 N–H and O–H groups in total. The third-order valence-corrected chi connectivity index (χ3v) is 6.75. The Kier molecular flexibility index (Phi) is 5.30. The van der Waals surface area contributed by atoms with E-state index in [9.17, 15) is 0 Å². The van der Waals surface area contributed by atoms with Crippen molar-refractivity contribution in [2.75, 3.05) is 63.9 Å². The predicted octanol–water partition coefficient (Wildman–Crippen LogP) is 2.54. The Bertz CT molecular complexity index is 532. The first-order valence-electron chi connectivity index (χ1n) is 10.2. The van der Waals surface area contributed by atoms with Crippen molar-refractivity contribution in [2.24, 2.45) is 5.41 Å². The van der Waals surface area contributed by atoms with Gasteiger partial charge in [-0.1, -0.05) is 17.7 Å². The number of benzene rings is 1. The van der Waals surface area contributed by atoms with Gasteiger partial charge in [0, 0.05) is 31.9 Å². The second-order valence-electron chi connectivity index (χ2n) is 8.45. The highest BCUT2D eigenvalue weighted by Crippen LogP contribution is 2.39. The molecule has 25 heavy (non-hydrogen) atoms.